The van der Waals surface area contributed by atoms with Gasteiger partial charge in [0.05, 0.1) is 13.7 Å². The van der Waals surface area contributed by atoms with Gasteiger partial charge in [-0.2, -0.15) is 0 Å². The van der Waals surface area contributed by atoms with Crippen molar-refractivity contribution in [1.29, 1.82) is 0 Å². The minimum absolute atomic E-state index is 0.631. The quantitative estimate of drug-likeness (QED) is 0.774. The Bertz CT molecular complexity index is 611. The second-order valence-corrected chi connectivity index (χ2v) is 5.57. The van der Waals surface area contributed by atoms with Crippen LogP contribution in [-0.4, -0.2) is 13.7 Å². The molecule has 118 valence electrons. The van der Waals surface area contributed by atoms with Crippen LogP contribution in [-0.2, 0) is 6.54 Å². The maximum absolute atomic E-state index is 6.35. The number of aryl methyl sites for hydroxylation is 1. The van der Waals surface area contributed by atoms with Crippen molar-refractivity contribution < 1.29 is 9.47 Å². The Hall–Kier alpha value is -1.87. The summed E-state index contributed by atoms with van der Waals surface area (Å²) in [4.78, 5) is 0. The molecule has 0 aliphatic carbocycles. The number of anilines is 1. The number of benzene rings is 2. The minimum atomic E-state index is 0.631. The smallest absolute Gasteiger partial charge is 0.162 e. The van der Waals surface area contributed by atoms with Crippen molar-refractivity contribution in [1.82, 2.24) is 0 Å². The molecule has 0 aromatic heterocycles. The molecule has 0 heterocycles. The van der Waals surface area contributed by atoms with Crippen LogP contribution in [0.5, 0.6) is 11.5 Å². The average Bonchev–Trinajstić information content (AvgIpc) is 2.53. The second kappa shape index (κ2) is 7.95. The van der Waals surface area contributed by atoms with Crippen LogP contribution in [0.2, 0.25) is 5.02 Å². The zero-order valence-electron chi connectivity index (χ0n) is 13.3. The molecule has 0 saturated heterocycles. The fourth-order valence-corrected chi connectivity index (χ4v) is 2.29. The number of methoxy groups -OCH3 is 1. The van der Waals surface area contributed by atoms with Crippen LogP contribution < -0.4 is 14.8 Å². The first-order valence-corrected chi connectivity index (χ1v) is 7.81. The van der Waals surface area contributed by atoms with E-state index in [1.165, 1.54) is 5.56 Å². The molecule has 0 aliphatic heterocycles. The fourth-order valence-electron chi connectivity index (χ4n) is 2.07. The van der Waals surface area contributed by atoms with E-state index >= 15 is 0 Å². The lowest BCUT2D eigenvalue weighted by molar-refractivity contribution is 0.294. The number of hydrogen-bond donors (Lipinski definition) is 1. The van der Waals surface area contributed by atoms with Gasteiger partial charge in [0.1, 0.15) is 0 Å². The first-order valence-electron chi connectivity index (χ1n) is 7.43. The third-order valence-corrected chi connectivity index (χ3v) is 3.68. The zero-order valence-corrected chi connectivity index (χ0v) is 14.0. The van der Waals surface area contributed by atoms with Gasteiger partial charge in [0.2, 0.25) is 0 Å². The predicted octanol–water partition coefficient (Wildman–Crippen LogP) is 5.06. The van der Waals surface area contributed by atoms with Crippen molar-refractivity contribution in [2.75, 3.05) is 19.0 Å². The van der Waals surface area contributed by atoms with Crippen molar-refractivity contribution in [3.05, 3.63) is 52.5 Å². The lowest BCUT2D eigenvalue weighted by atomic mass is 10.1. The first-order chi connectivity index (χ1) is 10.6. The van der Waals surface area contributed by atoms with Crippen LogP contribution in [0.25, 0.3) is 0 Å². The summed E-state index contributed by atoms with van der Waals surface area (Å²) in [5, 5.41) is 4.03. The van der Waals surface area contributed by atoms with Gasteiger partial charge in [-0.3, -0.25) is 0 Å². The van der Waals surface area contributed by atoms with Crippen molar-refractivity contribution >= 4 is 17.3 Å². The molecule has 1 N–H and O–H groups in total. The Labute approximate surface area is 137 Å². The number of nitrogens with one attached hydrogen (secondary N) is 1. The van der Waals surface area contributed by atoms with Crippen LogP contribution in [0, 0.1) is 6.92 Å². The van der Waals surface area contributed by atoms with Gasteiger partial charge in [0.25, 0.3) is 0 Å². The number of ether oxygens (including phenoxy) is 2. The summed E-state index contributed by atoms with van der Waals surface area (Å²) in [6.07, 6.45) is 0.942. The highest BCUT2D eigenvalue weighted by atomic mass is 35.5. The molecular formula is C18H22ClNO2. The molecule has 0 spiro atoms. The third-order valence-electron chi connectivity index (χ3n) is 3.33. The molecule has 0 aliphatic rings. The Morgan fingerprint density at radius 2 is 1.82 bits per heavy atom. The van der Waals surface area contributed by atoms with Crippen LogP contribution >= 0.6 is 11.6 Å². The Morgan fingerprint density at radius 3 is 2.45 bits per heavy atom. The van der Waals surface area contributed by atoms with Crippen molar-refractivity contribution in [3.63, 3.8) is 0 Å². The summed E-state index contributed by atoms with van der Waals surface area (Å²) in [7, 11) is 1.64. The molecule has 0 saturated carbocycles. The first kappa shape index (κ1) is 16.5. The van der Waals surface area contributed by atoms with E-state index in [2.05, 4.69) is 43.4 Å². The molecule has 4 heteroatoms. The Balaban J connectivity index is 2.11. The highest BCUT2D eigenvalue weighted by Gasteiger charge is 2.10. The monoisotopic (exact) mass is 319 g/mol. The Morgan fingerprint density at radius 1 is 1.09 bits per heavy atom. The molecule has 0 unspecified atom stereocenters. The van der Waals surface area contributed by atoms with Gasteiger partial charge < -0.3 is 14.8 Å². The largest absolute Gasteiger partial charge is 0.493 e. The topological polar surface area (TPSA) is 30.5 Å². The lowest BCUT2D eigenvalue weighted by Gasteiger charge is -2.14. The summed E-state index contributed by atoms with van der Waals surface area (Å²) in [5.41, 5.74) is 3.28. The van der Waals surface area contributed by atoms with Gasteiger partial charge in [-0.05, 0) is 37.1 Å². The zero-order chi connectivity index (χ0) is 15.9. The standard InChI is InChI=1S/C18H22ClNO2/c1-4-9-22-18-11-16(19)14(10-17(18)21-3)12-20-15-7-5-13(2)6-8-15/h5-8,10-11,20H,4,9,12H2,1-3H3. The van der Waals surface area contributed by atoms with Crippen molar-refractivity contribution in [2.24, 2.45) is 0 Å². The molecule has 3 nitrogen and oxygen atoms in total. The van der Waals surface area contributed by atoms with Gasteiger partial charge in [-0.15, -0.1) is 0 Å². The molecule has 0 amide bonds. The van der Waals surface area contributed by atoms with E-state index in [4.69, 9.17) is 21.1 Å². The normalized spacial score (nSPS) is 10.4. The van der Waals surface area contributed by atoms with Crippen LogP contribution in [0.1, 0.15) is 24.5 Å². The van der Waals surface area contributed by atoms with E-state index in [1.54, 1.807) is 7.11 Å². The second-order valence-electron chi connectivity index (χ2n) is 5.16. The summed E-state index contributed by atoms with van der Waals surface area (Å²) in [6.45, 7) is 5.41. The average molecular weight is 320 g/mol. The van der Waals surface area contributed by atoms with E-state index in [-0.39, 0.29) is 0 Å². The van der Waals surface area contributed by atoms with Crippen LogP contribution in [0.4, 0.5) is 5.69 Å². The molecule has 0 bridgehead atoms. The van der Waals surface area contributed by atoms with Gasteiger partial charge in [-0.25, -0.2) is 0 Å². The van der Waals surface area contributed by atoms with Crippen molar-refractivity contribution in [3.8, 4) is 11.5 Å². The minimum Gasteiger partial charge on any atom is -0.493 e. The van der Waals surface area contributed by atoms with Gasteiger partial charge in [0.15, 0.2) is 11.5 Å². The van der Waals surface area contributed by atoms with E-state index in [9.17, 15) is 0 Å². The summed E-state index contributed by atoms with van der Waals surface area (Å²) >= 11 is 6.35. The molecular weight excluding hydrogens is 298 g/mol. The van der Waals surface area contributed by atoms with Gasteiger partial charge in [0, 0.05) is 23.3 Å². The maximum Gasteiger partial charge on any atom is 0.162 e. The van der Waals surface area contributed by atoms with E-state index < -0.39 is 0 Å². The predicted molar refractivity (Wildman–Crippen MR) is 92.3 cm³/mol. The highest BCUT2D eigenvalue weighted by molar-refractivity contribution is 6.31. The molecule has 2 aromatic carbocycles. The molecule has 0 fully saturated rings. The van der Waals surface area contributed by atoms with E-state index in [1.807, 2.05) is 12.1 Å². The maximum atomic E-state index is 6.35. The molecule has 0 atom stereocenters. The molecule has 0 radical (unpaired) electrons. The summed E-state index contributed by atoms with van der Waals surface area (Å²) in [6, 6.07) is 12.0. The van der Waals surface area contributed by atoms with Crippen molar-refractivity contribution in [2.45, 2.75) is 26.8 Å². The van der Waals surface area contributed by atoms with Crippen LogP contribution in [0.3, 0.4) is 0 Å². The summed E-state index contributed by atoms with van der Waals surface area (Å²) in [5.74, 6) is 1.40. The third kappa shape index (κ3) is 4.31. The van der Waals surface area contributed by atoms with Gasteiger partial charge in [-0.1, -0.05) is 36.2 Å². The highest BCUT2D eigenvalue weighted by Crippen LogP contribution is 2.33. The number of hydrogen-bond acceptors (Lipinski definition) is 3. The number of halogens is 1. The molecule has 22 heavy (non-hydrogen) atoms. The Kier molecular flexibility index (Phi) is 5.96. The SMILES string of the molecule is CCCOc1cc(Cl)c(CNc2ccc(C)cc2)cc1OC. The molecule has 2 aromatic rings. The van der Waals surface area contributed by atoms with Crippen LogP contribution in [0.15, 0.2) is 36.4 Å². The summed E-state index contributed by atoms with van der Waals surface area (Å²) < 4.78 is 11.1. The molecule has 2 rings (SSSR count). The van der Waals surface area contributed by atoms with E-state index in [0.29, 0.717) is 29.7 Å². The lowest BCUT2D eigenvalue weighted by Crippen LogP contribution is -2.03. The number of rotatable bonds is 7. The fraction of sp³-hybridized carbons (Fsp3) is 0.333. The van der Waals surface area contributed by atoms with E-state index in [0.717, 1.165) is 17.7 Å². The van der Waals surface area contributed by atoms with Gasteiger partial charge >= 0.3 is 0 Å².